The third-order valence-corrected chi connectivity index (χ3v) is 4.50. The van der Waals surface area contributed by atoms with E-state index in [-0.39, 0.29) is 0 Å². The first kappa shape index (κ1) is 14.9. The number of nitrogens with two attached hydrogens (primary N) is 1. The second-order valence-electron chi connectivity index (χ2n) is 5.15. The average Bonchev–Trinajstić information content (AvgIpc) is 2.98. The monoisotopic (exact) mass is 309 g/mol. The molecule has 0 bridgehead atoms. The number of hydrogen-bond donors (Lipinski definition) is 2. The molecule has 3 rings (SSSR count). The van der Waals surface area contributed by atoms with Crippen molar-refractivity contribution >= 4 is 11.8 Å². The highest BCUT2D eigenvalue weighted by atomic mass is 32.2. The van der Waals surface area contributed by atoms with Crippen LogP contribution in [0.15, 0.2) is 59.6 Å². The standard InChI is InChI=1S/C18H19N3S/c1-13-7-9-15(10-8-13)17-16(14-5-3-2-4-6-14)18(21-20-17)22-12-11-19/h2-10H,11-12,19H2,1H3,(H,20,21). The summed E-state index contributed by atoms with van der Waals surface area (Å²) >= 11 is 1.69. The number of aryl methyl sites for hydroxylation is 1. The molecule has 1 heterocycles. The van der Waals surface area contributed by atoms with Crippen molar-refractivity contribution in [1.29, 1.82) is 0 Å². The molecule has 0 radical (unpaired) electrons. The SMILES string of the molecule is Cc1ccc(-c2[nH]nc(SCCN)c2-c2ccccc2)cc1. The lowest BCUT2D eigenvalue weighted by molar-refractivity contribution is 1.00. The van der Waals surface area contributed by atoms with Crippen molar-refractivity contribution in [3.05, 3.63) is 60.2 Å². The normalized spacial score (nSPS) is 10.8. The lowest BCUT2D eigenvalue weighted by Gasteiger charge is -2.06. The first-order chi connectivity index (χ1) is 10.8. The van der Waals surface area contributed by atoms with Gasteiger partial charge in [0.1, 0.15) is 5.03 Å². The van der Waals surface area contributed by atoms with E-state index < -0.39 is 0 Å². The first-order valence-corrected chi connectivity index (χ1v) is 8.32. The summed E-state index contributed by atoms with van der Waals surface area (Å²) in [6, 6.07) is 18.9. The fourth-order valence-corrected chi connectivity index (χ4v) is 3.17. The summed E-state index contributed by atoms with van der Waals surface area (Å²) in [5.41, 5.74) is 11.4. The van der Waals surface area contributed by atoms with Gasteiger partial charge < -0.3 is 5.73 Å². The second-order valence-corrected chi connectivity index (χ2v) is 6.23. The molecule has 0 atom stereocenters. The van der Waals surface area contributed by atoms with Gasteiger partial charge in [-0.3, -0.25) is 5.10 Å². The molecule has 0 unspecified atom stereocenters. The minimum absolute atomic E-state index is 0.644. The summed E-state index contributed by atoms with van der Waals surface area (Å²) in [7, 11) is 0. The van der Waals surface area contributed by atoms with Crippen LogP contribution in [0.3, 0.4) is 0 Å². The van der Waals surface area contributed by atoms with Crippen LogP contribution in [0.1, 0.15) is 5.56 Å². The highest BCUT2D eigenvalue weighted by molar-refractivity contribution is 7.99. The van der Waals surface area contributed by atoms with E-state index in [1.54, 1.807) is 11.8 Å². The highest BCUT2D eigenvalue weighted by Gasteiger charge is 2.16. The lowest BCUT2D eigenvalue weighted by Crippen LogP contribution is -2.01. The molecule has 1 aromatic heterocycles. The van der Waals surface area contributed by atoms with Gasteiger partial charge in [0.15, 0.2) is 0 Å². The maximum absolute atomic E-state index is 5.64. The molecule has 0 aliphatic rings. The van der Waals surface area contributed by atoms with Gasteiger partial charge in [-0.1, -0.05) is 60.2 Å². The van der Waals surface area contributed by atoms with Gasteiger partial charge in [-0.25, -0.2) is 0 Å². The van der Waals surface area contributed by atoms with Gasteiger partial charge in [-0.15, -0.1) is 11.8 Å². The van der Waals surface area contributed by atoms with Gasteiger partial charge in [0.25, 0.3) is 0 Å². The molecule has 2 aromatic carbocycles. The van der Waals surface area contributed by atoms with E-state index in [0.717, 1.165) is 27.6 Å². The molecule has 4 heteroatoms. The number of thioether (sulfide) groups is 1. The fraction of sp³-hybridized carbons (Fsp3) is 0.167. The van der Waals surface area contributed by atoms with Gasteiger partial charge in [0.05, 0.1) is 5.69 Å². The number of nitrogens with zero attached hydrogens (tertiary/aromatic N) is 1. The van der Waals surface area contributed by atoms with E-state index in [9.17, 15) is 0 Å². The summed E-state index contributed by atoms with van der Waals surface area (Å²) in [6.07, 6.45) is 0. The minimum Gasteiger partial charge on any atom is -0.330 e. The van der Waals surface area contributed by atoms with Crippen LogP contribution >= 0.6 is 11.8 Å². The molecule has 0 saturated carbocycles. The van der Waals surface area contributed by atoms with Crippen molar-refractivity contribution in [1.82, 2.24) is 10.2 Å². The zero-order chi connectivity index (χ0) is 15.4. The number of hydrogen-bond acceptors (Lipinski definition) is 3. The minimum atomic E-state index is 0.644. The molecule has 3 nitrogen and oxygen atoms in total. The number of aromatic amines is 1. The Balaban J connectivity index is 2.10. The van der Waals surface area contributed by atoms with Crippen LogP contribution in [0, 0.1) is 6.92 Å². The zero-order valence-corrected chi connectivity index (χ0v) is 13.4. The van der Waals surface area contributed by atoms with E-state index in [1.165, 1.54) is 11.1 Å². The summed E-state index contributed by atoms with van der Waals surface area (Å²) in [4.78, 5) is 0. The van der Waals surface area contributed by atoms with Crippen LogP contribution in [0.2, 0.25) is 0 Å². The van der Waals surface area contributed by atoms with Crippen LogP contribution in [0.5, 0.6) is 0 Å². The Hall–Kier alpha value is -2.04. The molecule has 0 fully saturated rings. The second kappa shape index (κ2) is 6.81. The molecule has 0 aliphatic heterocycles. The third kappa shape index (κ3) is 3.08. The molecule has 3 aromatic rings. The summed E-state index contributed by atoms with van der Waals surface area (Å²) in [5, 5.41) is 8.72. The maximum atomic E-state index is 5.64. The average molecular weight is 309 g/mol. The maximum Gasteiger partial charge on any atom is 0.126 e. The molecule has 0 saturated heterocycles. The van der Waals surface area contributed by atoms with E-state index in [2.05, 4.69) is 65.7 Å². The van der Waals surface area contributed by atoms with Crippen molar-refractivity contribution in [2.75, 3.05) is 12.3 Å². The summed E-state index contributed by atoms with van der Waals surface area (Å²) in [5.74, 6) is 0.859. The van der Waals surface area contributed by atoms with Crippen LogP contribution in [0.25, 0.3) is 22.4 Å². The Bertz CT molecular complexity index is 733. The van der Waals surface area contributed by atoms with Gasteiger partial charge >= 0.3 is 0 Å². The summed E-state index contributed by atoms with van der Waals surface area (Å²) in [6.45, 7) is 2.74. The van der Waals surface area contributed by atoms with Gasteiger partial charge in [-0.2, -0.15) is 5.10 Å². The van der Waals surface area contributed by atoms with Gasteiger partial charge in [0, 0.05) is 23.4 Å². The molecule has 0 amide bonds. The van der Waals surface area contributed by atoms with Crippen LogP contribution in [-0.4, -0.2) is 22.5 Å². The van der Waals surface area contributed by atoms with E-state index in [4.69, 9.17) is 5.73 Å². The Kier molecular flexibility index (Phi) is 4.61. The topological polar surface area (TPSA) is 54.7 Å². The number of benzene rings is 2. The predicted molar refractivity (Wildman–Crippen MR) is 94.0 cm³/mol. The van der Waals surface area contributed by atoms with Crippen LogP contribution in [0.4, 0.5) is 0 Å². The molecule has 0 spiro atoms. The predicted octanol–water partition coefficient (Wildman–Crippen LogP) is 4.10. The van der Waals surface area contributed by atoms with Crippen LogP contribution in [-0.2, 0) is 0 Å². The van der Waals surface area contributed by atoms with Crippen molar-refractivity contribution in [3.63, 3.8) is 0 Å². The van der Waals surface area contributed by atoms with Gasteiger partial charge in [0.2, 0.25) is 0 Å². The highest BCUT2D eigenvalue weighted by Crippen LogP contribution is 2.37. The smallest absolute Gasteiger partial charge is 0.126 e. The van der Waals surface area contributed by atoms with Crippen molar-refractivity contribution < 1.29 is 0 Å². The molecule has 0 aliphatic carbocycles. The van der Waals surface area contributed by atoms with Crippen molar-refractivity contribution in [3.8, 4) is 22.4 Å². The Morgan fingerprint density at radius 2 is 1.73 bits per heavy atom. The van der Waals surface area contributed by atoms with E-state index in [1.807, 2.05) is 6.07 Å². The van der Waals surface area contributed by atoms with Crippen molar-refractivity contribution in [2.24, 2.45) is 5.73 Å². The Labute approximate surface area is 135 Å². The largest absolute Gasteiger partial charge is 0.330 e. The van der Waals surface area contributed by atoms with Gasteiger partial charge in [-0.05, 0) is 12.5 Å². The molecule has 22 heavy (non-hydrogen) atoms. The number of nitrogens with one attached hydrogen (secondary N) is 1. The first-order valence-electron chi connectivity index (χ1n) is 7.33. The number of aromatic nitrogens is 2. The Morgan fingerprint density at radius 3 is 2.41 bits per heavy atom. The third-order valence-electron chi connectivity index (χ3n) is 3.49. The quantitative estimate of drug-likeness (QED) is 0.698. The zero-order valence-electron chi connectivity index (χ0n) is 12.5. The number of rotatable bonds is 5. The Morgan fingerprint density at radius 1 is 1.00 bits per heavy atom. The van der Waals surface area contributed by atoms with Crippen molar-refractivity contribution in [2.45, 2.75) is 11.9 Å². The molecule has 3 N–H and O–H groups in total. The summed E-state index contributed by atoms with van der Waals surface area (Å²) < 4.78 is 0. The lowest BCUT2D eigenvalue weighted by atomic mass is 10.0. The van der Waals surface area contributed by atoms with E-state index >= 15 is 0 Å². The van der Waals surface area contributed by atoms with E-state index in [0.29, 0.717) is 6.54 Å². The molecule has 112 valence electrons. The fourth-order valence-electron chi connectivity index (χ4n) is 2.39. The molecular formula is C18H19N3S. The molecular weight excluding hydrogens is 290 g/mol. The number of H-pyrrole nitrogens is 1. The van der Waals surface area contributed by atoms with Crippen LogP contribution < -0.4 is 5.73 Å².